The minimum atomic E-state index is -0.888. The fourth-order valence-corrected chi connectivity index (χ4v) is 6.25. The van der Waals surface area contributed by atoms with Crippen LogP contribution in [0.25, 0.3) is 11.3 Å². The third-order valence-corrected chi connectivity index (χ3v) is 8.32. The molecule has 0 amide bonds. The van der Waals surface area contributed by atoms with Gasteiger partial charge in [0.15, 0.2) is 5.13 Å². The summed E-state index contributed by atoms with van der Waals surface area (Å²) in [4.78, 5) is 18.8. The van der Waals surface area contributed by atoms with Gasteiger partial charge in [-0.3, -0.25) is 0 Å². The van der Waals surface area contributed by atoms with E-state index in [1.165, 1.54) is 25.7 Å². The van der Waals surface area contributed by atoms with Crippen molar-refractivity contribution < 1.29 is 14.6 Å². The molecule has 5 rings (SSSR count). The highest BCUT2D eigenvalue weighted by molar-refractivity contribution is 7.14. The molecule has 2 aliphatic carbocycles. The monoisotopic (exact) mass is 490 g/mol. The van der Waals surface area contributed by atoms with Gasteiger partial charge in [0.2, 0.25) is 0 Å². The SMILES string of the molecule is C[C@H]1CC[C@@H](Oc2ccc(-c3csc(N(Cc4cccc(C(=O)O)c4)C4CCCC4)n3)cc2)CC1. The van der Waals surface area contributed by atoms with Gasteiger partial charge >= 0.3 is 5.97 Å². The Bertz CT molecular complexity index is 1130. The molecular weight excluding hydrogens is 456 g/mol. The Labute approximate surface area is 211 Å². The fraction of sp³-hybridized carbons (Fsp3) is 0.448. The fourth-order valence-electron chi connectivity index (χ4n) is 5.34. The van der Waals surface area contributed by atoms with Gasteiger partial charge in [0, 0.05) is 23.5 Å². The second-order valence-corrected chi connectivity index (χ2v) is 10.9. The Morgan fingerprint density at radius 2 is 1.80 bits per heavy atom. The number of aromatic nitrogens is 1. The van der Waals surface area contributed by atoms with Crippen molar-refractivity contribution in [3.05, 3.63) is 65.0 Å². The Hall–Kier alpha value is -2.86. The van der Waals surface area contributed by atoms with E-state index in [-0.39, 0.29) is 0 Å². The zero-order valence-electron chi connectivity index (χ0n) is 20.4. The number of hydrogen-bond acceptors (Lipinski definition) is 5. The van der Waals surface area contributed by atoms with Crippen molar-refractivity contribution in [2.24, 2.45) is 5.92 Å². The summed E-state index contributed by atoms with van der Waals surface area (Å²) in [6, 6.07) is 16.1. The summed E-state index contributed by atoms with van der Waals surface area (Å²) in [5.74, 6) is 0.872. The number of rotatable bonds is 8. The molecule has 1 heterocycles. The van der Waals surface area contributed by atoms with Gasteiger partial charge in [0.25, 0.3) is 0 Å². The van der Waals surface area contributed by atoms with E-state index in [0.29, 0.717) is 24.3 Å². The van der Waals surface area contributed by atoms with Crippen LogP contribution in [-0.2, 0) is 6.54 Å². The number of carboxylic acid groups (broad SMARTS) is 1. The van der Waals surface area contributed by atoms with E-state index in [0.717, 1.165) is 59.3 Å². The van der Waals surface area contributed by atoms with Crippen molar-refractivity contribution >= 4 is 22.4 Å². The van der Waals surface area contributed by atoms with Gasteiger partial charge in [-0.25, -0.2) is 9.78 Å². The molecule has 0 radical (unpaired) electrons. The second kappa shape index (κ2) is 10.8. The number of ether oxygens (including phenoxy) is 1. The summed E-state index contributed by atoms with van der Waals surface area (Å²) in [6.45, 7) is 3.00. The predicted molar refractivity (Wildman–Crippen MR) is 141 cm³/mol. The third-order valence-electron chi connectivity index (χ3n) is 7.45. The highest BCUT2D eigenvalue weighted by atomic mass is 32.1. The molecule has 0 saturated heterocycles. The van der Waals surface area contributed by atoms with E-state index in [9.17, 15) is 9.90 Å². The van der Waals surface area contributed by atoms with Crippen LogP contribution in [0, 0.1) is 5.92 Å². The Morgan fingerprint density at radius 1 is 1.06 bits per heavy atom. The van der Waals surface area contributed by atoms with Gasteiger partial charge in [-0.2, -0.15) is 0 Å². The lowest BCUT2D eigenvalue weighted by molar-refractivity contribution is 0.0696. The number of aromatic carboxylic acids is 1. The van der Waals surface area contributed by atoms with Crippen LogP contribution in [0.4, 0.5) is 5.13 Å². The van der Waals surface area contributed by atoms with E-state index in [1.54, 1.807) is 23.5 Å². The summed E-state index contributed by atoms with van der Waals surface area (Å²) in [7, 11) is 0. The quantitative estimate of drug-likeness (QED) is 0.356. The van der Waals surface area contributed by atoms with E-state index >= 15 is 0 Å². The van der Waals surface area contributed by atoms with Crippen molar-refractivity contribution in [3.8, 4) is 17.0 Å². The molecule has 0 bridgehead atoms. The lowest BCUT2D eigenvalue weighted by Crippen LogP contribution is -2.32. The maximum Gasteiger partial charge on any atom is 0.335 e. The van der Waals surface area contributed by atoms with Crippen LogP contribution in [-0.4, -0.2) is 28.2 Å². The highest BCUT2D eigenvalue weighted by Gasteiger charge is 2.26. The van der Waals surface area contributed by atoms with Crippen LogP contribution in [0.5, 0.6) is 5.75 Å². The van der Waals surface area contributed by atoms with Gasteiger partial charge in [0.1, 0.15) is 5.75 Å². The highest BCUT2D eigenvalue weighted by Crippen LogP contribution is 2.35. The number of hydrogen-bond donors (Lipinski definition) is 1. The number of anilines is 1. The molecule has 6 heteroatoms. The lowest BCUT2D eigenvalue weighted by atomic mass is 9.89. The molecule has 3 aromatic rings. The largest absolute Gasteiger partial charge is 0.490 e. The third kappa shape index (κ3) is 5.87. The van der Waals surface area contributed by atoms with Gasteiger partial charge in [0.05, 0.1) is 17.4 Å². The van der Waals surface area contributed by atoms with Crippen LogP contribution in [0.15, 0.2) is 53.9 Å². The molecule has 2 saturated carbocycles. The Balaban J connectivity index is 1.31. The topological polar surface area (TPSA) is 62.7 Å². The van der Waals surface area contributed by atoms with Crippen LogP contribution in [0.2, 0.25) is 0 Å². The normalized spacial score (nSPS) is 20.6. The molecule has 2 aromatic carbocycles. The minimum absolute atomic E-state index is 0.332. The first-order valence-corrected chi connectivity index (χ1v) is 13.7. The number of carboxylic acids is 1. The van der Waals surface area contributed by atoms with Crippen LogP contribution < -0.4 is 9.64 Å². The summed E-state index contributed by atoms with van der Waals surface area (Å²) in [5, 5.41) is 12.5. The van der Waals surface area contributed by atoms with Gasteiger partial charge < -0.3 is 14.7 Å². The molecule has 1 aromatic heterocycles. The number of benzene rings is 2. The zero-order chi connectivity index (χ0) is 24.2. The molecule has 5 nitrogen and oxygen atoms in total. The molecule has 184 valence electrons. The Morgan fingerprint density at radius 3 is 2.51 bits per heavy atom. The first-order valence-electron chi connectivity index (χ1n) is 12.9. The molecule has 35 heavy (non-hydrogen) atoms. The van der Waals surface area contributed by atoms with Crippen LogP contribution in [0.1, 0.15) is 74.2 Å². The van der Waals surface area contributed by atoms with Crippen LogP contribution in [0.3, 0.4) is 0 Å². The summed E-state index contributed by atoms with van der Waals surface area (Å²) in [5.41, 5.74) is 3.41. The molecule has 1 N–H and O–H groups in total. The summed E-state index contributed by atoms with van der Waals surface area (Å²) < 4.78 is 6.23. The maximum absolute atomic E-state index is 11.4. The molecule has 0 spiro atoms. The average molecular weight is 491 g/mol. The summed E-state index contributed by atoms with van der Waals surface area (Å²) >= 11 is 1.67. The minimum Gasteiger partial charge on any atom is -0.490 e. The first kappa shape index (κ1) is 23.9. The average Bonchev–Trinajstić information content (AvgIpc) is 3.58. The molecule has 2 fully saturated rings. The number of carbonyl (C=O) groups is 1. The van der Waals surface area contributed by atoms with E-state index in [4.69, 9.17) is 9.72 Å². The second-order valence-electron chi connectivity index (χ2n) is 10.1. The maximum atomic E-state index is 11.4. The zero-order valence-corrected chi connectivity index (χ0v) is 21.2. The van der Waals surface area contributed by atoms with E-state index in [2.05, 4.69) is 41.5 Å². The number of thiazole rings is 1. The van der Waals surface area contributed by atoms with Gasteiger partial charge in [-0.1, -0.05) is 31.9 Å². The van der Waals surface area contributed by atoms with E-state index < -0.39 is 5.97 Å². The first-order chi connectivity index (χ1) is 17.0. The van der Waals surface area contributed by atoms with Gasteiger partial charge in [-0.15, -0.1) is 11.3 Å². The van der Waals surface area contributed by atoms with Crippen molar-refractivity contribution in [1.29, 1.82) is 0 Å². The van der Waals surface area contributed by atoms with Crippen molar-refractivity contribution in [3.63, 3.8) is 0 Å². The standard InChI is InChI=1S/C29H34N2O3S/c1-20-9-13-25(14-10-20)34-26-15-11-22(12-16-26)27-19-35-29(30-27)31(24-7-2-3-8-24)18-21-5-4-6-23(17-21)28(32)33/h4-6,11-12,15-17,19-20,24-25H,2-3,7-10,13-14,18H2,1H3,(H,32,33)/t20-,25+. The van der Waals surface area contributed by atoms with Gasteiger partial charge in [-0.05, 0) is 86.4 Å². The number of nitrogens with zero attached hydrogens (tertiary/aromatic N) is 2. The van der Waals surface area contributed by atoms with Crippen molar-refractivity contribution in [1.82, 2.24) is 4.98 Å². The van der Waals surface area contributed by atoms with E-state index in [1.807, 2.05) is 12.1 Å². The van der Waals surface area contributed by atoms with Crippen molar-refractivity contribution in [2.75, 3.05) is 4.90 Å². The molecule has 0 unspecified atom stereocenters. The molecular formula is C29H34N2O3S. The predicted octanol–water partition coefficient (Wildman–Crippen LogP) is 7.42. The summed E-state index contributed by atoms with van der Waals surface area (Å²) in [6.07, 6.45) is 9.90. The molecule has 0 atom stereocenters. The van der Waals surface area contributed by atoms with Crippen molar-refractivity contribution in [2.45, 2.75) is 77.0 Å². The lowest BCUT2D eigenvalue weighted by Gasteiger charge is -2.28. The van der Waals surface area contributed by atoms with Crippen LogP contribution >= 0.6 is 11.3 Å². The Kier molecular flexibility index (Phi) is 7.37. The molecule has 2 aliphatic rings. The molecule has 0 aliphatic heterocycles. The smallest absolute Gasteiger partial charge is 0.335 e.